The number of thiophene rings is 1. The van der Waals surface area contributed by atoms with Crippen molar-refractivity contribution in [3.8, 4) is 0 Å². The Balaban J connectivity index is 1.34. The minimum absolute atomic E-state index is 0.0277. The number of hydrogen-bond acceptors (Lipinski definition) is 4. The van der Waals surface area contributed by atoms with Crippen molar-refractivity contribution in [3.63, 3.8) is 0 Å². The molecule has 142 valence electrons. The number of aryl methyl sites for hydroxylation is 1. The number of carbonyl (C=O) groups is 1. The molecule has 1 amide bonds. The van der Waals surface area contributed by atoms with Gasteiger partial charge in [-0.05, 0) is 43.5 Å². The molecule has 0 saturated carbocycles. The molecule has 0 N–H and O–H groups in total. The van der Waals surface area contributed by atoms with Crippen LogP contribution < -0.4 is 0 Å². The number of piperidine rings is 1. The molecular weight excluding hydrogens is 392 g/mol. The maximum atomic E-state index is 13.1. The Bertz CT molecular complexity index is 1150. The fourth-order valence-corrected chi connectivity index (χ4v) is 5.43. The summed E-state index contributed by atoms with van der Waals surface area (Å²) in [4.78, 5) is 20.2. The van der Waals surface area contributed by atoms with E-state index in [2.05, 4.69) is 11.1 Å². The third kappa shape index (κ3) is 2.99. The van der Waals surface area contributed by atoms with Gasteiger partial charge in [0.05, 0.1) is 5.02 Å². The fourth-order valence-electron chi connectivity index (χ4n) is 3.85. The number of para-hydroxylation sites is 2. The zero-order chi connectivity index (χ0) is 19.3. The zero-order valence-corrected chi connectivity index (χ0v) is 17.0. The van der Waals surface area contributed by atoms with Crippen LogP contribution >= 0.6 is 22.9 Å². The molecule has 1 aliphatic rings. The highest BCUT2D eigenvalue weighted by atomic mass is 35.5. The lowest BCUT2D eigenvalue weighted by Gasteiger charge is -2.30. The summed E-state index contributed by atoms with van der Waals surface area (Å²) in [7, 11) is 0. The van der Waals surface area contributed by atoms with E-state index >= 15 is 0 Å². The van der Waals surface area contributed by atoms with Crippen molar-refractivity contribution in [2.75, 3.05) is 13.1 Å². The van der Waals surface area contributed by atoms with Crippen LogP contribution in [0.1, 0.15) is 39.9 Å². The molecule has 4 nitrogen and oxygen atoms in total. The Labute approximate surface area is 171 Å². The summed E-state index contributed by atoms with van der Waals surface area (Å²) in [6.07, 6.45) is 1.69. The second-order valence-corrected chi connectivity index (χ2v) is 8.76. The zero-order valence-electron chi connectivity index (χ0n) is 15.4. The molecule has 2 aromatic heterocycles. The van der Waals surface area contributed by atoms with E-state index in [0.29, 0.717) is 23.0 Å². The average molecular weight is 411 g/mol. The molecule has 1 aliphatic heterocycles. The molecule has 28 heavy (non-hydrogen) atoms. The first kappa shape index (κ1) is 17.7. The second-order valence-electron chi connectivity index (χ2n) is 7.33. The smallest absolute Gasteiger partial charge is 0.265 e. The van der Waals surface area contributed by atoms with E-state index in [4.69, 9.17) is 16.0 Å². The number of rotatable bonds is 2. The van der Waals surface area contributed by atoms with Gasteiger partial charge in [-0.3, -0.25) is 4.79 Å². The predicted octanol–water partition coefficient (Wildman–Crippen LogP) is 6.02. The quantitative estimate of drug-likeness (QED) is 0.405. The van der Waals surface area contributed by atoms with E-state index in [-0.39, 0.29) is 11.8 Å². The third-order valence-electron chi connectivity index (χ3n) is 5.42. The Morgan fingerprint density at radius 3 is 2.79 bits per heavy atom. The lowest BCUT2D eigenvalue weighted by molar-refractivity contribution is 0.0712. The summed E-state index contributed by atoms with van der Waals surface area (Å²) < 4.78 is 6.99. The van der Waals surface area contributed by atoms with Crippen LogP contribution in [0.25, 0.3) is 21.2 Å². The predicted molar refractivity (Wildman–Crippen MR) is 113 cm³/mol. The SMILES string of the molecule is Cc1ccc2c(Cl)c(C(=O)N3CCC(c4nc5ccccc5o4)CC3)sc2c1. The molecule has 0 atom stereocenters. The maximum Gasteiger partial charge on any atom is 0.265 e. The van der Waals surface area contributed by atoms with Crippen molar-refractivity contribution in [3.05, 3.63) is 63.8 Å². The molecule has 2 aromatic carbocycles. The van der Waals surface area contributed by atoms with Gasteiger partial charge in [-0.25, -0.2) is 4.98 Å². The number of amides is 1. The minimum Gasteiger partial charge on any atom is -0.440 e. The van der Waals surface area contributed by atoms with E-state index in [1.165, 1.54) is 16.9 Å². The Hall–Kier alpha value is -2.37. The van der Waals surface area contributed by atoms with E-state index < -0.39 is 0 Å². The Morgan fingerprint density at radius 1 is 1.21 bits per heavy atom. The summed E-state index contributed by atoms with van der Waals surface area (Å²) in [6, 6.07) is 13.9. The van der Waals surface area contributed by atoms with Crippen molar-refractivity contribution < 1.29 is 9.21 Å². The first-order valence-electron chi connectivity index (χ1n) is 9.43. The molecule has 4 aromatic rings. The molecule has 6 heteroatoms. The molecule has 0 unspecified atom stereocenters. The van der Waals surface area contributed by atoms with Gasteiger partial charge in [0.25, 0.3) is 5.91 Å². The monoisotopic (exact) mass is 410 g/mol. The van der Waals surface area contributed by atoms with Gasteiger partial charge in [0.2, 0.25) is 0 Å². The van der Waals surface area contributed by atoms with Gasteiger partial charge >= 0.3 is 0 Å². The molecule has 0 bridgehead atoms. The van der Waals surface area contributed by atoms with Gasteiger partial charge in [0.15, 0.2) is 11.5 Å². The third-order valence-corrected chi connectivity index (χ3v) is 7.07. The van der Waals surface area contributed by atoms with Crippen LogP contribution in [0, 0.1) is 6.92 Å². The van der Waals surface area contributed by atoms with Gasteiger partial charge in [0.1, 0.15) is 10.4 Å². The number of hydrogen-bond donors (Lipinski definition) is 0. The van der Waals surface area contributed by atoms with Crippen molar-refractivity contribution in [1.29, 1.82) is 0 Å². The van der Waals surface area contributed by atoms with E-state index in [9.17, 15) is 4.79 Å². The summed E-state index contributed by atoms with van der Waals surface area (Å²) in [6.45, 7) is 3.42. The van der Waals surface area contributed by atoms with Crippen molar-refractivity contribution in [1.82, 2.24) is 9.88 Å². The summed E-state index contributed by atoms with van der Waals surface area (Å²) >= 11 is 8.02. The lowest BCUT2D eigenvalue weighted by Crippen LogP contribution is -2.37. The number of oxazole rings is 1. The standard InChI is InChI=1S/C22H19ClN2O2S/c1-13-6-7-15-18(12-13)28-20(19(15)23)22(26)25-10-8-14(9-11-25)21-24-16-4-2-3-5-17(16)27-21/h2-7,12,14H,8-11H2,1H3. The minimum atomic E-state index is 0.0277. The van der Waals surface area contributed by atoms with Gasteiger partial charge in [0, 0.05) is 29.1 Å². The molecule has 5 rings (SSSR count). The Kier molecular flexibility index (Phi) is 4.37. The topological polar surface area (TPSA) is 46.3 Å². The molecule has 0 radical (unpaired) electrons. The van der Waals surface area contributed by atoms with E-state index in [1.807, 2.05) is 48.2 Å². The Morgan fingerprint density at radius 2 is 2.00 bits per heavy atom. The average Bonchev–Trinajstić information content (AvgIpc) is 3.28. The van der Waals surface area contributed by atoms with Crippen LogP contribution in [-0.4, -0.2) is 28.9 Å². The fraction of sp³-hybridized carbons (Fsp3) is 0.273. The molecule has 0 spiro atoms. The first-order valence-corrected chi connectivity index (χ1v) is 10.6. The van der Waals surface area contributed by atoms with Crippen LogP contribution in [-0.2, 0) is 0 Å². The highest BCUT2D eigenvalue weighted by molar-refractivity contribution is 7.21. The van der Waals surface area contributed by atoms with Gasteiger partial charge < -0.3 is 9.32 Å². The number of likely N-dealkylation sites (tertiary alicyclic amines) is 1. The number of benzene rings is 2. The number of carbonyl (C=O) groups excluding carboxylic acids is 1. The maximum absolute atomic E-state index is 13.1. The van der Waals surface area contributed by atoms with Gasteiger partial charge in [-0.2, -0.15) is 0 Å². The highest BCUT2D eigenvalue weighted by Gasteiger charge is 2.29. The van der Waals surface area contributed by atoms with Crippen molar-refractivity contribution >= 4 is 50.0 Å². The summed E-state index contributed by atoms with van der Waals surface area (Å²) in [5, 5.41) is 1.54. The summed E-state index contributed by atoms with van der Waals surface area (Å²) in [5.74, 6) is 1.06. The largest absolute Gasteiger partial charge is 0.440 e. The van der Waals surface area contributed by atoms with Crippen LogP contribution in [0.2, 0.25) is 5.02 Å². The van der Waals surface area contributed by atoms with Crippen LogP contribution in [0.15, 0.2) is 46.9 Å². The van der Waals surface area contributed by atoms with Crippen LogP contribution in [0.4, 0.5) is 0 Å². The number of aromatic nitrogens is 1. The highest BCUT2D eigenvalue weighted by Crippen LogP contribution is 2.38. The molecular formula is C22H19ClN2O2S. The van der Waals surface area contributed by atoms with Crippen LogP contribution in [0.5, 0.6) is 0 Å². The lowest BCUT2D eigenvalue weighted by atomic mass is 9.96. The molecule has 0 aliphatic carbocycles. The van der Waals surface area contributed by atoms with Gasteiger partial charge in [-0.1, -0.05) is 35.9 Å². The second kappa shape index (κ2) is 6.90. The molecule has 3 heterocycles. The number of fused-ring (bicyclic) bond motifs is 2. The number of halogens is 1. The van der Waals surface area contributed by atoms with E-state index in [1.54, 1.807) is 0 Å². The number of nitrogens with zero attached hydrogens (tertiary/aromatic N) is 2. The van der Waals surface area contributed by atoms with Crippen molar-refractivity contribution in [2.24, 2.45) is 0 Å². The van der Waals surface area contributed by atoms with E-state index in [0.717, 1.165) is 39.9 Å². The van der Waals surface area contributed by atoms with Gasteiger partial charge in [-0.15, -0.1) is 11.3 Å². The summed E-state index contributed by atoms with van der Waals surface area (Å²) in [5.41, 5.74) is 2.88. The first-order chi connectivity index (χ1) is 13.6. The molecule has 1 saturated heterocycles. The normalized spacial score (nSPS) is 15.6. The molecule has 1 fully saturated rings. The van der Waals surface area contributed by atoms with Crippen molar-refractivity contribution in [2.45, 2.75) is 25.7 Å². The van der Waals surface area contributed by atoms with Crippen LogP contribution in [0.3, 0.4) is 0 Å².